The Balaban J connectivity index is 2.43. The number of methoxy groups -OCH3 is 1. The number of fused-ring (bicyclic) bond motifs is 1. The van der Waals surface area contributed by atoms with Crippen molar-refractivity contribution in [2.45, 2.75) is 0 Å². The molecule has 1 amide bonds. The molecular weight excluding hydrogens is 222 g/mol. The fraction of sp³-hybridized carbons (Fsp3) is 0.300. The lowest BCUT2D eigenvalue weighted by molar-refractivity contribution is 0.177. The summed E-state index contributed by atoms with van der Waals surface area (Å²) < 4.78 is 4.79. The quantitative estimate of drug-likeness (QED) is 0.632. The van der Waals surface area contributed by atoms with Crippen molar-refractivity contribution in [3.8, 4) is 0 Å². The van der Waals surface area contributed by atoms with Gasteiger partial charge in [-0.3, -0.25) is 5.32 Å². The third-order valence-electron chi connectivity index (χ3n) is 2.50. The van der Waals surface area contributed by atoms with Gasteiger partial charge in [0.2, 0.25) is 5.84 Å². The van der Waals surface area contributed by atoms with E-state index in [0.717, 1.165) is 11.3 Å². The predicted octanol–water partition coefficient (Wildman–Crippen LogP) is 0.262. The number of carbonyl (C=O) groups excluding carboxylic acids is 1. The second-order valence-electron chi connectivity index (χ2n) is 4.09. The molecule has 0 bridgehead atoms. The standard InChI is InChI=1S/C10H13N5O2/c1-15(2)7-4-8(11)12-5-6(7)9(14-15)13-10(16)17-3/h4-5H,1-3H3,(H2-,11,12,13,14,16)/p+1. The lowest BCUT2D eigenvalue weighted by atomic mass is 10.2. The second-order valence-corrected chi connectivity index (χ2v) is 4.09. The fourth-order valence-electron chi connectivity index (χ4n) is 1.69. The van der Waals surface area contributed by atoms with Crippen molar-refractivity contribution in [2.24, 2.45) is 5.10 Å². The zero-order chi connectivity index (χ0) is 12.6. The number of quaternary nitrogens is 1. The van der Waals surface area contributed by atoms with Gasteiger partial charge in [0.05, 0.1) is 21.2 Å². The molecule has 1 aromatic heterocycles. The van der Waals surface area contributed by atoms with E-state index in [9.17, 15) is 4.79 Å². The number of ether oxygens (including phenoxy) is 1. The molecule has 0 spiro atoms. The van der Waals surface area contributed by atoms with E-state index < -0.39 is 6.09 Å². The number of nitrogens with zero attached hydrogens (tertiary/aromatic N) is 3. The van der Waals surface area contributed by atoms with Gasteiger partial charge in [-0.25, -0.2) is 9.78 Å². The Morgan fingerprint density at radius 2 is 2.24 bits per heavy atom. The summed E-state index contributed by atoms with van der Waals surface area (Å²) in [6, 6.07) is 1.74. The number of anilines is 1. The van der Waals surface area contributed by atoms with Crippen LogP contribution < -0.4 is 15.6 Å². The molecule has 17 heavy (non-hydrogen) atoms. The Morgan fingerprint density at radius 1 is 1.53 bits per heavy atom. The molecule has 7 nitrogen and oxygen atoms in total. The van der Waals surface area contributed by atoms with Crippen molar-refractivity contribution in [3.05, 3.63) is 17.8 Å². The number of carbonyl (C=O) groups is 1. The smallest absolute Gasteiger partial charge is 0.412 e. The first-order valence-electron chi connectivity index (χ1n) is 4.99. The van der Waals surface area contributed by atoms with Gasteiger partial charge in [0.15, 0.2) is 5.69 Å². The van der Waals surface area contributed by atoms with E-state index in [1.807, 2.05) is 14.1 Å². The predicted molar refractivity (Wildman–Crippen MR) is 64.4 cm³/mol. The minimum atomic E-state index is -0.562. The van der Waals surface area contributed by atoms with Crippen LogP contribution in [0.4, 0.5) is 16.3 Å². The molecule has 0 atom stereocenters. The number of pyridine rings is 1. The summed E-state index contributed by atoms with van der Waals surface area (Å²) >= 11 is 0. The first-order valence-corrected chi connectivity index (χ1v) is 4.99. The Hall–Kier alpha value is -2.15. The molecular formula is C10H14N5O2+. The number of nitrogens with one attached hydrogen (secondary N) is 1. The van der Waals surface area contributed by atoms with Gasteiger partial charge in [0.1, 0.15) is 11.4 Å². The van der Waals surface area contributed by atoms with Gasteiger partial charge in [-0.15, -0.1) is 0 Å². The molecule has 0 saturated heterocycles. The lowest BCUT2D eigenvalue weighted by Crippen LogP contribution is -2.33. The molecule has 0 saturated carbocycles. The topological polar surface area (TPSA) is 89.6 Å². The highest BCUT2D eigenvalue weighted by atomic mass is 16.5. The second kappa shape index (κ2) is 3.70. The summed E-state index contributed by atoms with van der Waals surface area (Å²) in [6.45, 7) is 0. The van der Waals surface area contributed by atoms with E-state index in [4.69, 9.17) is 5.73 Å². The molecule has 3 N–H and O–H groups in total. The Bertz CT molecular complexity index is 509. The molecule has 1 aliphatic heterocycles. The third kappa shape index (κ3) is 1.92. The maximum atomic E-state index is 11.2. The molecule has 1 aromatic rings. The molecule has 2 heterocycles. The molecule has 1 aliphatic rings. The zero-order valence-corrected chi connectivity index (χ0v) is 9.89. The molecule has 7 heteroatoms. The lowest BCUT2D eigenvalue weighted by Gasteiger charge is -2.17. The average molecular weight is 236 g/mol. The van der Waals surface area contributed by atoms with Crippen LogP contribution in [0.2, 0.25) is 0 Å². The molecule has 0 radical (unpaired) electrons. The summed E-state index contributed by atoms with van der Waals surface area (Å²) in [5, 5.41) is 6.92. The van der Waals surface area contributed by atoms with Crippen LogP contribution in [0.25, 0.3) is 0 Å². The SMILES string of the molecule is COC(=O)NC1=N[N+](C)(C)c2cc(N)ncc21. The number of rotatable bonds is 0. The van der Waals surface area contributed by atoms with Gasteiger partial charge < -0.3 is 10.5 Å². The summed E-state index contributed by atoms with van der Waals surface area (Å²) in [5.41, 5.74) is 7.26. The van der Waals surface area contributed by atoms with Gasteiger partial charge in [0.25, 0.3) is 0 Å². The largest absolute Gasteiger partial charge is 0.453 e. The summed E-state index contributed by atoms with van der Waals surface area (Å²) in [5.74, 6) is 0.855. The van der Waals surface area contributed by atoms with Crippen LogP contribution in [0.5, 0.6) is 0 Å². The Morgan fingerprint density at radius 3 is 2.88 bits per heavy atom. The van der Waals surface area contributed by atoms with Crippen LogP contribution in [0, 0.1) is 0 Å². The molecule has 0 fully saturated rings. The van der Waals surface area contributed by atoms with E-state index in [-0.39, 0.29) is 4.59 Å². The van der Waals surface area contributed by atoms with Crippen molar-refractivity contribution >= 4 is 23.4 Å². The van der Waals surface area contributed by atoms with Crippen LogP contribution in [0.1, 0.15) is 5.56 Å². The normalized spacial score (nSPS) is 16.1. The van der Waals surface area contributed by atoms with Crippen molar-refractivity contribution in [1.82, 2.24) is 14.9 Å². The van der Waals surface area contributed by atoms with Crippen LogP contribution in [0.3, 0.4) is 0 Å². The van der Waals surface area contributed by atoms with Crippen LogP contribution in [0.15, 0.2) is 17.4 Å². The monoisotopic (exact) mass is 236 g/mol. The number of amidine groups is 1. The van der Waals surface area contributed by atoms with Crippen molar-refractivity contribution in [3.63, 3.8) is 0 Å². The van der Waals surface area contributed by atoms with Crippen LogP contribution in [-0.4, -0.2) is 38.1 Å². The maximum Gasteiger partial charge on any atom is 0.412 e. The maximum absolute atomic E-state index is 11.2. The van der Waals surface area contributed by atoms with Gasteiger partial charge in [-0.05, 0) is 0 Å². The van der Waals surface area contributed by atoms with Gasteiger partial charge in [0, 0.05) is 12.3 Å². The van der Waals surface area contributed by atoms with Gasteiger partial charge in [-0.1, -0.05) is 5.10 Å². The molecule has 0 aromatic carbocycles. The number of hydrogen-bond donors (Lipinski definition) is 2. The van der Waals surface area contributed by atoms with Crippen LogP contribution >= 0.6 is 0 Å². The van der Waals surface area contributed by atoms with Crippen molar-refractivity contribution < 1.29 is 9.53 Å². The first kappa shape index (κ1) is 11.3. The molecule has 2 rings (SSSR count). The molecule has 0 unspecified atom stereocenters. The number of alkyl carbamates (subject to hydrolysis) is 1. The first-order chi connectivity index (χ1) is 7.94. The summed E-state index contributed by atoms with van der Waals surface area (Å²) in [7, 11) is 5.06. The fourth-order valence-corrected chi connectivity index (χ4v) is 1.69. The summed E-state index contributed by atoms with van der Waals surface area (Å²) in [6.07, 6.45) is 1.03. The van der Waals surface area contributed by atoms with Crippen molar-refractivity contribution in [2.75, 3.05) is 26.9 Å². The van der Waals surface area contributed by atoms with E-state index in [0.29, 0.717) is 11.7 Å². The number of aromatic nitrogens is 1. The minimum absolute atomic E-state index is 0.251. The molecule has 90 valence electrons. The van der Waals surface area contributed by atoms with E-state index >= 15 is 0 Å². The Labute approximate surface area is 98.5 Å². The van der Waals surface area contributed by atoms with Crippen LogP contribution in [-0.2, 0) is 4.74 Å². The number of nitrogen functional groups attached to an aromatic ring is 1. The minimum Gasteiger partial charge on any atom is -0.453 e. The van der Waals surface area contributed by atoms with E-state index in [1.54, 1.807) is 12.3 Å². The zero-order valence-electron chi connectivity index (χ0n) is 9.89. The molecule has 0 aliphatic carbocycles. The highest BCUT2D eigenvalue weighted by Gasteiger charge is 2.35. The highest BCUT2D eigenvalue weighted by Crippen LogP contribution is 2.31. The average Bonchev–Trinajstić information content (AvgIpc) is 2.50. The number of nitrogens with two attached hydrogens (primary N) is 1. The van der Waals surface area contributed by atoms with Gasteiger partial charge >= 0.3 is 6.09 Å². The van der Waals surface area contributed by atoms with E-state index in [1.165, 1.54) is 7.11 Å². The number of hydrogen-bond acceptors (Lipinski definition) is 5. The van der Waals surface area contributed by atoms with Crippen molar-refractivity contribution in [1.29, 1.82) is 0 Å². The summed E-state index contributed by atoms with van der Waals surface area (Å²) in [4.78, 5) is 15.2. The van der Waals surface area contributed by atoms with E-state index in [2.05, 4.69) is 20.1 Å². The Kier molecular flexibility index (Phi) is 2.47. The third-order valence-corrected chi connectivity index (χ3v) is 2.50. The van der Waals surface area contributed by atoms with Gasteiger partial charge in [-0.2, -0.15) is 4.59 Å². The highest BCUT2D eigenvalue weighted by molar-refractivity contribution is 6.11. The number of amides is 1.